The van der Waals surface area contributed by atoms with Crippen LogP contribution in [0.4, 0.5) is 5.69 Å². The smallest absolute Gasteiger partial charge is 0.277 e. The van der Waals surface area contributed by atoms with Crippen molar-refractivity contribution in [3.63, 3.8) is 0 Å². The minimum absolute atomic E-state index is 0.0875. The number of benzene rings is 2. The average Bonchev–Trinajstić information content (AvgIpc) is 3.25. The first-order valence-corrected chi connectivity index (χ1v) is 11.3. The van der Waals surface area contributed by atoms with Crippen molar-refractivity contribution in [3.8, 4) is 5.75 Å². The van der Waals surface area contributed by atoms with E-state index in [1.54, 1.807) is 0 Å². The zero-order chi connectivity index (χ0) is 21.6. The molecule has 1 amide bonds. The summed E-state index contributed by atoms with van der Waals surface area (Å²) in [6.07, 6.45) is 0. The highest BCUT2D eigenvalue weighted by Gasteiger charge is 2.22. The van der Waals surface area contributed by atoms with E-state index in [0.29, 0.717) is 24.2 Å². The van der Waals surface area contributed by atoms with Gasteiger partial charge in [-0.05, 0) is 43.7 Å². The van der Waals surface area contributed by atoms with E-state index >= 15 is 0 Å². The first kappa shape index (κ1) is 21.2. The van der Waals surface area contributed by atoms with Gasteiger partial charge >= 0.3 is 0 Å². The maximum absolute atomic E-state index is 12.6. The van der Waals surface area contributed by atoms with Crippen LogP contribution >= 0.6 is 11.8 Å². The van der Waals surface area contributed by atoms with Gasteiger partial charge in [-0.15, -0.1) is 10.2 Å². The molecular formula is C23H26N4O3S. The normalized spacial score (nSPS) is 14.0. The standard InChI is InChI=1S/C23H26N4O3S/c1-17-6-8-20(9-7-17)29-15-21-24-25-23(30-21)31-16-22(28)27-12-10-26(11-13-27)19-5-3-4-18(2)14-19/h3-9,14H,10-13,15-16H2,1-2H3. The number of aromatic nitrogens is 2. The van der Waals surface area contributed by atoms with E-state index in [1.807, 2.05) is 36.1 Å². The van der Waals surface area contributed by atoms with Crippen LogP contribution in [0, 0.1) is 13.8 Å². The number of thioether (sulfide) groups is 1. The molecule has 0 aliphatic carbocycles. The molecule has 2 heterocycles. The fraction of sp³-hybridized carbons (Fsp3) is 0.348. The number of anilines is 1. The molecule has 162 valence electrons. The largest absolute Gasteiger partial charge is 0.484 e. The summed E-state index contributed by atoms with van der Waals surface area (Å²) in [5.74, 6) is 1.51. The fourth-order valence-electron chi connectivity index (χ4n) is 3.39. The molecule has 7 nitrogen and oxygen atoms in total. The van der Waals surface area contributed by atoms with Crippen LogP contribution in [0.1, 0.15) is 17.0 Å². The van der Waals surface area contributed by atoms with Crippen molar-refractivity contribution in [1.82, 2.24) is 15.1 Å². The van der Waals surface area contributed by atoms with Crippen molar-refractivity contribution in [2.45, 2.75) is 25.7 Å². The summed E-state index contributed by atoms with van der Waals surface area (Å²) in [7, 11) is 0. The van der Waals surface area contributed by atoms with Crippen LogP contribution in [-0.2, 0) is 11.4 Å². The zero-order valence-electron chi connectivity index (χ0n) is 17.8. The van der Waals surface area contributed by atoms with Gasteiger partial charge < -0.3 is 19.0 Å². The third-order valence-electron chi connectivity index (χ3n) is 5.15. The molecule has 0 atom stereocenters. The van der Waals surface area contributed by atoms with E-state index in [2.05, 4.69) is 46.3 Å². The molecule has 1 aliphatic rings. The monoisotopic (exact) mass is 438 g/mol. The van der Waals surface area contributed by atoms with Crippen LogP contribution in [0.3, 0.4) is 0 Å². The van der Waals surface area contributed by atoms with Crippen molar-refractivity contribution < 1.29 is 13.9 Å². The van der Waals surface area contributed by atoms with Crippen LogP contribution in [0.5, 0.6) is 5.75 Å². The number of ether oxygens (including phenoxy) is 1. The summed E-state index contributed by atoms with van der Waals surface area (Å²) in [4.78, 5) is 16.8. The van der Waals surface area contributed by atoms with Gasteiger partial charge in [0, 0.05) is 31.9 Å². The summed E-state index contributed by atoms with van der Waals surface area (Å²) in [5.41, 5.74) is 3.63. The van der Waals surface area contributed by atoms with Crippen molar-refractivity contribution in [3.05, 3.63) is 65.5 Å². The highest BCUT2D eigenvalue weighted by atomic mass is 32.2. The molecule has 1 fully saturated rings. The Labute approximate surface area is 186 Å². The second-order valence-electron chi connectivity index (χ2n) is 7.56. The average molecular weight is 439 g/mol. The predicted molar refractivity (Wildman–Crippen MR) is 121 cm³/mol. The number of amides is 1. The van der Waals surface area contributed by atoms with Gasteiger partial charge in [-0.25, -0.2) is 0 Å². The maximum atomic E-state index is 12.6. The molecule has 0 bridgehead atoms. The van der Waals surface area contributed by atoms with Crippen molar-refractivity contribution in [2.75, 3.05) is 36.8 Å². The molecule has 2 aromatic carbocycles. The van der Waals surface area contributed by atoms with E-state index in [-0.39, 0.29) is 18.3 Å². The number of hydrogen-bond donors (Lipinski definition) is 0. The van der Waals surface area contributed by atoms with Gasteiger partial charge in [0.15, 0.2) is 6.61 Å². The Morgan fingerprint density at radius 3 is 2.55 bits per heavy atom. The number of aryl methyl sites for hydroxylation is 2. The van der Waals surface area contributed by atoms with Crippen LogP contribution in [0.2, 0.25) is 0 Å². The van der Waals surface area contributed by atoms with Crippen LogP contribution in [0.25, 0.3) is 0 Å². The molecule has 0 N–H and O–H groups in total. The summed E-state index contributed by atoms with van der Waals surface area (Å²) < 4.78 is 11.2. The second-order valence-corrected chi connectivity index (χ2v) is 8.49. The number of rotatable bonds is 7. The maximum Gasteiger partial charge on any atom is 0.277 e. The molecule has 31 heavy (non-hydrogen) atoms. The molecule has 0 unspecified atom stereocenters. The molecule has 4 rings (SSSR count). The molecule has 3 aromatic rings. The first-order chi connectivity index (χ1) is 15.1. The predicted octanol–water partition coefficient (Wildman–Crippen LogP) is 3.71. The van der Waals surface area contributed by atoms with E-state index < -0.39 is 0 Å². The summed E-state index contributed by atoms with van der Waals surface area (Å²) in [6, 6.07) is 16.2. The molecular weight excluding hydrogens is 412 g/mol. The lowest BCUT2D eigenvalue weighted by Crippen LogP contribution is -2.49. The van der Waals surface area contributed by atoms with Gasteiger partial charge in [0.1, 0.15) is 5.75 Å². The fourth-order valence-corrected chi connectivity index (χ4v) is 4.07. The van der Waals surface area contributed by atoms with E-state index in [1.165, 1.54) is 28.6 Å². The van der Waals surface area contributed by atoms with Gasteiger partial charge in [-0.2, -0.15) is 0 Å². The molecule has 1 saturated heterocycles. The third kappa shape index (κ3) is 5.79. The molecule has 0 radical (unpaired) electrons. The van der Waals surface area contributed by atoms with E-state index in [4.69, 9.17) is 9.15 Å². The SMILES string of the molecule is Cc1ccc(OCc2nnc(SCC(=O)N3CCN(c4cccc(C)c4)CC3)o2)cc1. The lowest BCUT2D eigenvalue weighted by Gasteiger charge is -2.36. The third-order valence-corrected chi connectivity index (χ3v) is 5.95. The molecule has 8 heteroatoms. The zero-order valence-corrected chi connectivity index (χ0v) is 18.6. The lowest BCUT2D eigenvalue weighted by atomic mass is 10.2. The van der Waals surface area contributed by atoms with Gasteiger partial charge in [-0.1, -0.05) is 41.6 Å². The van der Waals surface area contributed by atoms with E-state index in [9.17, 15) is 4.79 Å². The number of piperazine rings is 1. The van der Waals surface area contributed by atoms with Crippen molar-refractivity contribution >= 4 is 23.4 Å². The lowest BCUT2D eigenvalue weighted by molar-refractivity contribution is -0.128. The minimum atomic E-state index is 0.0875. The summed E-state index contributed by atoms with van der Waals surface area (Å²) in [5, 5.41) is 8.39. The number of nitrogens with zero attached hydrogens (tertiary/aromatic N) is 4. The van der Waals surface area contributed by atoms with Gasteiger partial charge in [0.25, 0.3) is 11.1 Å². The minimum Gasteiger partial charge on any atom is -0.484 e. The van der Waals surface area contributed by atoms with Gasteiger partial charge in [0.05, 0.1) is 5.75 Å². The van der Waals surface area contributed by atoms with Crippen LogP contribution in [-0.4, -0.2) is 52.9 Å². The van der Waals surface area contributed by atoms with Crippen LogP contribution in [0.15, 0.2) is 58.2 Å². The highest BCUT2D eigenvalue weighted by molar-refractivity contribution is 7.99. The Morgan fingerprint density at radius 1 is 1.03 bits per heavy atom. The van der Waals surface area contributed by atoms with Crippen molar-refractivity contribution in [1.29, 1.82) is 0 Å². The Morgan fingerprint density at radius 2 is 1.81 bits per heavy atom. The first-order valence-electron chi connectivity index (χ1n) is 10.3. The Balaban J connectivity index is 1.21. The molecule has 1 aliphatic heterocycles. The molecule has 0 saturated carbocycles. The Kier molecular flexibility index (Phi) is 6.76. The van der Waals surface area contributed by atoms with Gasteiger partial charge in [0.2, 0.25) is 5.91 Å². The number of hydrogen-bond acceptors (Lipinski definition) is 7. The summed E-state index contributed by atoms with van der Waals surface area (Å²) >= 11 is 1.27. The topological polar surface area (TPSA) is 71.7 Å². The molecule has 0 spiro atoms. The van der Waals surface area contributed by atoms with E-state index in [0.717, 1.165) is 18.8 Å². The van der Waals surface area contributed by atoms with Crippen molar-refractivity contribution in [2.24, 2.45) is 0 Å². The quantitative estimate of drug-likeness (QED) is 0.521. The van der Waals surface area contributed by atoms with Gasteiger partial charge in [-0.3, -0.25) is 4.79 Å². The Bertz CT molecular complexity index is 1010. The number of carbonyl (C=O) groups excluding carboxylic acids is 1. The Hall–Kier alpha value is -3.00. The second kappa shape index (κ2) is 9.87. The van der Waals surface area contributed by atoms with Crippen LogP contribution < -0.4 is 9.64 Å². The molecule has 1 aromatic heterocycles. The highest BCUT2D eigenvalue weighted by Crippen LogP contribution is 2.21. The summed E-state index contributed by atoms with van der Waals surface area (Å²) in [6.45, 7) is 7.42. The number of carbonyl (C=O) groups is 1.